The smallest absolute Gasteiger partial charge is 0.287 e. The molecule has 1 N–H and O–H groups in total. The Kier molecular flexibility index (Phi) is 3.69. The number of hydrogen-bond acceptors (Lipinski definition) is 2. The van der Waals surface area contributed by atoms with Crippen molar-refractivity contribution in [1.29, 1.82) is 0 Å². The van der Waals surface area contributed by atoms with Gasteiger partial charge in [-0.1, -0.05) is 30.3 Å². The zero-order valence-corrected chi connectivity index (χ0v) is 11.3. The first-order valence-electron chi connectivity index (χ1n) is 6.73. The molecule has 1 amide bonds. The number of carbonyl (C=O) groups is 1. The minimum Gasteiger partial charge on any atom is -0.451 e. The highest BCUT2D eigenvalue weighted by Crippen LogP contribution is 2.18. The van der Waals surface area contributed by atoms with Gasteiger partial charge in [0.25, 0.3) is 5.91 Å². The Morgan fingerprint density at radius 2 is 1.95 bits per heavy atom. The van der Waals surface area contributed by atoms with Crippen LogP contribution in [0, 0.1) is 5.82 Å². The third-order valence-corrected chi connectivity index (χ3v) is 3.24. The first kappa shape index (κ1) is 13.4. The quantitative estimate of drug-likeness (QED) is 0.795. The number of halogens is 1. The summed E-state index contributed by atoms with van der Waals surface area (Å²) in [4.78, 5) is 12.0. The van der Waals surface area contributed by atoms with Crippen LogP contribution in [0.5, 0.6) is 0 Å². The van der Waals surface area contributed by atoms with Gasteiger partial charge in [0, 0.05) is 11.9 Å². The zero-order chi connectivity index (χ0) is 14.7. The summed E-state index contributed by atoms with van der Waals surface area (Å²) in [5.41, 5.74) is 1.53. The van der Waals surface area contributed by atoms with E-state index in [9.17, 15) is 9.18 Å². The van der Waals surface area contributed by atoms with Gasteiger partial charge >= 0.3 is 0 Å². The average molecular weight is 283 g/mol. The fourth-order valence-electron chi connectivity index (χ4n) is 2.19. The molecule has 21 heavy (non-hydrogen) atoms. The van der Waals surface area contributed by atoms with Crippen LogP contribution in [0.25, 0.3) is 11.0 Å². The lowest BCUT2D eigenvalue weighted by Crippen LogP contribution is -2.25. The SMILES string of the molecule is O=C(NCCc1cccc(F)c1)c1cc2ccccc2o1. The molecular weight excluding hydrogens is 269 g/mol. The number of amides is 1. The number of hydrogen-bond donors (Lipinski definition) is 1. The van der Waals surface area contributed by atoms with Gasteiger partial charge in [0.05, 0.1) is 0 Å². The second kappa shape index (κ2) is 5.79. The predicted molar refractivity (Wildman–Crippen MR) is 78.7 cm³/mol. The molecule has 3 aromatic rings. The van der Waals surface area contributed by atoms with E-state index in [0.717, 1.165) is 10.9 Å². The number of nitrogens with one attached hydrogen (secondary N) is 1. The second-order valence-electron chi connectivity index (χ2n) is 4.78. The van der Waals surface area contributed by atoms with Crippen LogP contribution in [-0.4, -0.2) is 12.5 Å². The Bertz CT molecular complexity index is 746. The van der Waals surface area contributed by atoms with E-state index >= 15 is 0 Å². The van der Waals surface area contributed by atoms with Crippen LogP contribution in [0.2, 0.25) is 0 Å². The minimum absolute atomic E-state index is 0.261. The normalized spacial score (nSPS) is 10.7. The Morgan fingerprint density at radius 3 is 2.76 bits per heavy atom. The van der Waals surface area contributed by atoms with Crippen LogP contribution >= 0.6 is 0 Å². The molecule has 0 aliphatic carbocycles. The number of fused-ring (bicyclic) bond motifs is 1. The summed E-state index contributed by atoms with van der Waals surface area (Å²) in [5, 5.41) is 3.67. The van der Waals surface area contributed by atoms with Crippen LogP contribution in [-0.2, 0) is 6.42 Å². The molecule has 0 fully saturated rings. The van der Waals surface area contributed by atoms with E-state index < -0.39 is 0 Å². The fourth-order valence-corrected chi connectivity index (χ4v) is 2.19. The summed E-state index contributed by atoms with van der Waals surface area (Å²) >= 11 is 0. The van der Waals surface area contributed by atoms with Crippen molar-refractivity contribution in [1.82, 2.24) is 5.32 Å². The van der Waals surface area contributed by atoms with E-state index in [4.69, 9.17) is 4.42 Å². The van der Waals surface area contributed by atoms with Crippen LogP contribution in [0.1, 0.15) is 16.1 Å². The molecule has 0 spiro atoms. The van der Waals surface area contributed by atoms with E-state index in [1.807, 2.05) is 30.3 Å². The number of para-hydroxylation sites is 1. The third kappa shape index (κ3) is 3.11. The maximum atomic E-state index is 13.0. The van der Waals surface area contributed by atoms with Crippen molar-refractivity contribution in [3.63, 3.8) is 0 Å². The van der Waals surface area contributed by atoms with Gasteiger partial charge in [-0.3, -0.25) is 4.79 Å². The first-order chi connectivity index (χ1) is 10.2. The molecule has 3 nitrogen and oxygen atoms in total. The van der Waals surface area contributed by atoms with Crippen molar-refractivity contribution in [2.45, 2.75) is 6.42 Å². The maximum absolute atomic E-state index is 13.0. The molecule has 1 aromatic heterocycles. The molecule has 106 valence electrons. The molecule has 0 aliphatic heterocycles. The maximum Gasteiger partial charge on any atom is 0.287 e. The summed E-state index contributed by atoms with van der Waals surface area (Å²) in [6.07, 6.45) is 0.573. The standard InChI is InChI=1S/C17H14FNO2/c18-14-6-3-4-12(10-14)8-9-19-17(20)16-11-13-5-1-2-7-15(13)21-16/h1-7,10-11H,8-9H2,(H,19,20). The van der Waals surface area contributed by atoms with Gasteiger partial charge in [-0.15, -0.1) is 0 Å². The first-order valence-corrected chi connectivity index (χ1v) is 6.73. The van der Waals surface area contributed by atoms with E-state index in [2.05, 4.69) is 5.32 Å². The molecule has 2 aromatic carbocycles. The minimum atomic E-state index is -0.267. The zero-order valence-electron chi connectivity index (χ0n) is 11.3. The highest BCUT2D eigenvalue weighted by molar-refractivity contribution is 5.96. The van der Waals surface area contributed by atoms with Crippen molar-refractivity contribution in [2.75, 3.05) is 6.54 Å². The van der Waals surface area contributed by atoms with Crippen LogP contribution in [0.15, 0.2) is 59.0 Å². The number of benzene rings is 2. The summed E-state index contributed by atoms with van der Waals surface area (Å²) in [7, 11) is 0. The Hall–Kier alpha value is -2.62. The molecule has 0 saturated carbocycles. The summed E-state index contributed by atoms with van der Waals surface area (Å²) in [6.45, 7) is 0.430. The van der Waals surface area contributed by atoms with Gasteiger partial charge in [-0.2, -0.15) is 0 Å². The van der Waals surface area contributed by atoms with Crippen LogP contribution in [0.3, 0.4) is 0 Å². The number of rotatable bonds is 4. The Morgan fingerprint density at radius 1 is 1.10 bits per heavy atom. The lowest BCUT2D eigenvalue weighted by atomic mass is 10.1. The lowest BCUT2D eigenvalue weighted by molar-refractivity contribution is 0.0928. The Labute approximate surface area is 121 Å². The number of carbonyl (C=O) groups excluding carboxylic acids is 1. The number of furan rings is 1. The van der Waals surface area contributed by atoms with E-state index in [1.165, 1.54) is 12.1 Å². The van der Waals surface area contributed by atoms with Crippen molar-refractivity contribution < 1.29 is 13.6 Å². The molecule has 0 atom stereocenters. The molecule has 4 heteroatoms. The molecule has 0 aliphatic rings. The van der Waals surface area contributed by atoms with Gasteiger partial charge in [0.2, 0.25) is 0 Å². The molecule has 1 heterocycles. The molecule has 0 radical (unpaired) electrons. The molecule has 0 bridgehead atoms. The van der Waals surface area contributed by atoms with Gasteiger partial charge in [-0.25, -0.2) is 4.39 Å². The van der Waals surface area contributed by atoms with Gasteiger partial charge in [-0.05, 0) is 36.2 Å². The van der Waals surface area contributed by atoms with Crippen molar-refractivity contribution in [3.8, 4) is 0 Å². The molecule has 0 unspecified atom stereocenters. The summed E-state index contributed by atoms with van der Waals surface area (Å²) in [6, 6.07) is 15.5. The Balaban J connectivity index is 1.61. The second-order valence-corrected chi connectivity index (χ2v) is 4.78. The third-order valence-electron chi connectivity index (χ3n) is 3.24. The van der Waals surface area contributed by atoms with E-state index in [0.29, 0.717) is 18.5 Å². The summed E-state index contributed by atoms with van der Waals surface area (Å²) in [5.74, 6) is -0.242. The largest absolute Gasteiger partial charge is 0.451 e. The van der Waals surface area contributed by atoms with Crippen LogP contribution in [0.4, 0.5) is 4.39 Å². The van der Waals surface area contributed by atoms with Crippen molar-refractivity contribution >= 4 is 16.9 Å². The molecule has 3 rings (SSSR count). The van der Waals surface area contributed by atoms with Gasteiger partial charge in [0.15, 0.2) is 5.76 Å². The lowest BCUT2D eigenvalue weighted by Gasteiger charge is -2.03. The molecular formula is C17H14FNO2. The highest BCUT2D eigenvalue weighted by atomic mass is 19.1. The van der Waals surface area contributed by atoms with E-state index in [-0.39, 0.29) is 17.5 Å². The van der Waals surface area contributed by atoms with Gasteiger partial charge < -0.3 is 9.73 Å². The predicted octanol–water partition coefficient (Wildman–Crippen LogP) is 3.54. The molecule has 0 saturated heterocycles. The monoisotopic (exact) mass is 283 g/mol. The van der Waals surface area contributed by atoms with Crippen molar-refractivity contribution in [2.24, 2.45) is 0 Å². The van der Waals surface area contributed by atoms with Crippen molar-refractivity contribution in [3.05, 3.63) is 71.7 Å². The summed E-state index contributed by atoms with van der Waals surface area (Å²) < 4.78 is 18.5. The average Bonchev–Trinajstić information content (AvgIpc) is 2.91. The van der Waals surface area contributed by atoms with Crippen LogP contribution < -0.4 is 5.32 Å². The van der Waals surface area contributed by atoms with Gasteiger partial charge in [0.1, 0.15) is 11.4 Å². The highest BCUT2D eigenvalue weighted by Gasteiger charge is 2.11. The van der Waals surface area contributed by atoms with E-state index in [1.54, 1.807) is 12.1 Å². The fraction of sp³-hybridized carbons (Fsp3) is 0.118. The topological polar surface area (TPSA) is 42.2 Å².